The van der Waals surface area contributed by atoms with E-state index < -0.39 is 0 Å². The van der Waals surface area contributed by atoms with Crippen LogP contribution in [0.15, 0.2) is 35.7 Å². The first-order chi connectivity index (χ1) is 7.77. The Morgan fingerprint density at radius 1 is 1.44 bits per heavy atom. The van der Waals surface area contributed by atoms with Crippen LogP contribution >= 0.6 is 11.6 Å². The monoisotopic (exact) mass is 236 g/mol. The van der Waals surface area contributed by atoms with Crippen LogP contribution in [0, 0.1) is 0 Å². The van der Waals surface area contributed by atoms with Gasteiger partial charge in [0.1, 0.15) is 6.33 Å². The van der Waals surface area contributed by atoms with E-state index in [4.69, 9.17) is 17.4 Å². The Labute approximate surface area is 96.7 Å². The number of nitrogens with zero attached hydrogens (tertiary/aromatic N) is 4. The second kappa shape index (κ2) is 4.63. The van der Waals surface area contributed by atoms with E-state index in [0.29, 0.717) is 11.0 Å². The van der Waals surface area contributed by atoms with E-state index >= 15 is 0 Å². The van der Waals surface area contributed by atoms with Gasteiger partial charge in [0.15, 0.2) is 0 Å². The molecule has 0 amide bonds. The molecule has 2 rings (SSSR count). The first-order valence-corrected chi connectivity index (χ1v) is 4.84. The summed E-state index contributed by atoms with van der Waals surface area (Å²) in [6, 6.07) is 7.36. The number of nitrogens with one attached hydrogen (secondary N) is 1. The number of hydrazone groups is 1. The van der Waals surface area contributed by atoms with Crippen LogP contribution in [0.4, 0.5) is 5.95 Å². The molecule has 0 unspecified atom stereocenters. The van der Waals surface area contributed by atoms with Crippen molar-refractivity contribution in [2.75, 3.05) is 11.3 Å². The van der Waals surface area contributed by atoms with Crippen molar-refractivity contribution in [3.05, 3.63) is 41.2 Å². The number of nitrogens with two attached hydrogens (primary N) is 1. The number of halogens is 1. The minimum Gasteiger partial charge on any atom is -0.335 e. The number of benzene rings is 1. The van der Waals surface area contributed by atoms with Crippen LogP contribution in [0.25, 0.3) is 0 Å². The predicted octanol–water partition coefficient (Wildman–Crippen LogP) is 1.09. The van der Waals surface area contributed by atoms with Gasteiger partial charge < -0.3 is 5.84 Å². The lowest BCUT2D eigenvalue weighted by Crippen LogP contribution is -2.10. The van der Waals surface area contributed by atoms with E-state index in [-0.39, 0.29) is 0 Å². The van der Waals surface area contributed by atoms with Crippen molar-refractivity contribution in [1.29, 1.82) is 0 Å². The molecule has 0 bridgehead atoms. The molecule has 0 aliphatic carbocycles. The number of hydrogen-bond acceptors (Lipinski definition) is 5. The number of aromatic nitrogens is 3. The molecule has 7 heteroatoms. The van der Waals surface area contributed by atoms with Crippen LogP contribution in [-0.2, 0) is 0 Å². The summed E-state index contributed by atoms with van der Waals surface area (Å²) >= 11 is 5.94. The van der Waals surface area contributed by atoms with Gasteiger partial charge >= 0.3 is 0 Å². The fraction of sp³-hybridized carbons (Fsp3) is 0. The first-order valence-electron chi connectivity index (χ1n) is 4.46. The standard InChI is InChI=1S/C9H9ClN6/c10-8-4-2-1-3-7(8)5-12-14-9-15-13-6-16(9)11/h1-6H,11H2,(H,14,15)/b12-5-. The third-order valence-corrected chi connectivity index (χ3v) is 2.19. The van der Waals surface area contributed by atoms with Crippen molar-refractivity contribution in [1.82, 2.24) is 14.9 Å². The van der Waals surface area contributed by atoms with Crippen molar-refractivity contribution >= 4 is 23.8 Å². The van der Waals surface area contributed by atoms with Gasteiger partial charge in [0.05, 0.1) is 6.21 Å². The Bertz CT molecular complexity index is 506. The molecule has 0 aliphatic rings. The summed E-state index contributed by atoms with van der Waals surface area (Å²) in [6.07, 6.45) is 2.95. The normalized spacial score (nSPS) is 10.8. The highest BCUT2D eigenvalue weighted by molar-refractivity contribution is 6.33. The average Bonchev–Trinajstić information content (AvgIpc) is 2.67. The van der Waals surface area contributed by atoms with Crippen molar-refractivity contribution in [2.24, 2.45) is 5.10 Å². The average molecular weight is 237 g/mol. The summed E-state index contributed by atoms with van der Waals surface area (Å²) < 4.78 is 1.23. The molecule has 1 heterocycles. The molecule has 0 fully saturated rings. The summed E-state index contributed by atoms with van der Waals surface area (Å²) in [5.74, 6) is 5.83. The molecule has 2 aromatic rings. The van der Waals surface area contributed by atoms with Gasteiger partial charge in [-0.1, -0.05) is 29.8 Å². The van der Waals surface area contributed by atoms with E-state index in [9.17, 15) is 0 Å². The van der Waals surface area contributed by atoms with Crippen molar-refractivity contribution < 1.29 is 0 Å². The van der Waals surface area contributed by atoms with Crippen molar-refractivity contribution in [2.45, 2.75) is 0 Å². The van der Waals surface area contributed by atoms with Crippen LogP contribution in [0.3, 0.4) is 0 Å². The van der Waals surface area contributed by atoms with Gasteiger partial charge in [-0.15, -0.1) is 10.2 Å². The highest BCUT2D eigenvalue weighted by atomic mass is 35.5. The molecule has 1 aromatic carbocycles. The molecule has 3 N–H and O–H groups in total. The second-order valence-electron chi connectivity index (χ2n) is 2.95. The summed E-state index contributed by atoms with van der Waals surface area (Å²) in [4.78, 5) is 0. The quantitative estimate of drug-likeness (QED) is 0.475. The van der Waals surface area contributed by atoms with Crippen LogP contribution in [0.1, 0.15) is 5.56 Å². The zero-order valence-corrected chi connectivity index (χ0v) is 8.96. The van der Waals surface area contributed by atoms with Gasteiger partial charge in [-0.05, 0) is 6.07 Å². The lowest BCUT2D eigenvalue weighted by atomic mass is 10.2. The van der Waals surface area contributed by atoms with Gasteiger partial charge in [0.25, 0.3) is 5.95 Å². The molecule has 0 saturated carbocycles. The van der Waals surface area contributed by atoms with E-state index in [1.54, 1.807) is 12.3 Å². The lowest BCUT2D eigenvalue weighted by Gasteiger charge is -1.98. The van der Waals surface area contributed by atoms with E-state index in [0.717, 1.165) is 5.56 Å². The minimum atomic E-state index is 0.350. The Morgan fingerprint density at radius 2 is 2.25 bits per heavy atom. The summed E-state index contributed by atoms with van der Waals surface area (Å²) in [5.41, 5.74) is 3.45. The molecule has 0 radical (unpaired) electrons. The van der Waals surface area contributed by atoms with Gasteiger partial charge in [-0.3, -0.25) is 0 Å². The minimum absolute atomic E-state index is 0.350. The summed E-state index contributed by atoms with van der Waals surface area (Å²) in [5, 5.41) is 11.9. The van der Waals surface area contributed by atoms with Crippen LogP contribution < -0.4 is 11.3 Å². The molecular weight excluding hydrogens is 228 g/mol. The molecule has 1 aromatic heterocycles. The third kappa shape index (κ3) is 2.29. The van der Waals surface area contributed by atoms with Crippen LogP contribution in [0.5, 0.6) is 0 Å². The maximum Gasteiger partial charge on any atom is 0.263 e. The van der Waals surface area contributed by atoms with E-state index in [1.165, 1.54) is 11.0 Å². The maximum atomic E-state index is 5.94. The molecule has 0 aliphatic heterocycles. The Balaban J connectivity index is 2.06. The predicted molar refractivity (Wildman–Crippen MR) is 62.8 cm³/mol. The molecular formula is C9H9ClN6. The van der Waals surface area contributed by atoms with E-state index in [2.05, 4.69) is 20.7 Å². The lowest BCUT2D eigenvalue weighted by molar-refractivity contribution is 0.988. The van der Waals surface area contributed by atoms with E-state index in [1.807, 2.05) is 18.2 Å². The van der Waals surface area contributed by atoms with Gasteiger partial charge in [-0.2, -0.15) is 5.10 Å². The highest BCUT2D eigenvalue weighted by Gasteiger charge is 1.97. The maximum absolute atomic E-state index is 5.94. The van der Waals surface area contributed by atoms with Crippen LogP contribution in [0.2, 0.25) is 5.02 Å². The topological polar surface area (TPSA) is 81.1 Å². The fourth-order valence-electron chi connectivity index (χ4n) is 1.06. The third-order valence-electron chi connectivity index (χ3n) is 1.85. The number of anilines is 1. The summed E-state index contributed by atoms with van der Waals surface area (Å²) in [7, 11) is 0. The number of nitrogen functional groups attached to an aromatic ring is 1. The Morgan fingerprint density at radius 3 is 2.94 bits per heavy atom. The zero-order chi connectivity index (χ0) is 11.4. The first kappa shape index (κ1) is 10.4. The van der Waals surface area contributed by atoms with Gasteiger partial charge in [0, 0.05) is 10.6 Å². The second-order valence-corrected chi connectivity index (χ2v) is 3.36. The Hall–Kier alpha value is -2.08. The fourth-order valence-corrected chi connectivity index (χ4v) is 1.25. The molecule has 82 valence electrons. The number of rotatable bonds is 3. The molecule has 16 heavy (non-hydrogen) atoms. The SMILES string of the molecule is Nn1cnnc1N/N=C\c1ccccc1Cl. The highest BCUT2D eigenvalue weighted by Crippen LogP contribution is 2.12. The molecule has 6 nitrogen and oxygen atoms in total. The number of hydrogen-bond donors (Lipinski definition) is 2. The molecule has 0 atom stereocenters. The van der Waals surface area contributed by atoms with Crippen molar-refractivity contribution in [3.63, 3.8) is 0 Å². The summed E-state index contributed by atoms with van der Waals surface area (Å²) in [6.45, 7) is 0. The smallest absolute Gasteiger partial charge is 0.263 e. The van der Waals surface area contributed by atoms with Gasteiger partial charge in [0.2, 0.25) is 0 Å². The van der Waals surface area contributed by atoms with Gasteiger partial charge in [-0.25, -0.2) is 10.1 Å². The van der Waals surface area contributed by atoms with Crippen LogP contribution in [-0.4, -0.2) is 21.1 Å². The zero-order valence-electron chi connectivity index (χ0n) is 8.21. The molecule has 0 saturated heterocycles. The largest absolute Gasteiger partial charge is 0.335 e. The molecule has 0 spiro atoms. The Kier molecular flexibility index (Phi) is 3.02. The van der Waals surface area contributed by atoms with Crippen molar-refractivity contribution in [3.8, 4) is 0 Å².